The van der Waals surface area contributed by atoms with E-state index in [-0.39, 0.29) is 6.10 Å². The van der Waals surface area contributed by atoms with Crippen LogP contribution < -0.4 is 0 Å². The molecule has 1 heteroatoms. The van der Waals surface area contributed by atoms with Crippen molar-refractivity contribution in [2.45, 2.75) is 39.2 Å². The Morgan fingerprint density at radius 1 is 0.789 bits per heavy atom. The Balaban J connectivity index is 1.82. The van der Waals surface area contributed by atoms with Gasteiger partial charge in [-0.05, 0) is 44.2 Å². The lowest BCUT2D eigenvalue weighted by Gasteiger charge is -2.11. The summed E-state index contributed by atoms with van der Waals surface area (Å²) in [5.74, 6) is 0. The van der Waals surface area contributed by atoms with E-state index in [4.69, 9.17) is 0 Å². The summed E-state index contributed by atoms with van der Waals surface area (Å²) in [7, 11) is 0. The summed E-state index contributed by atoms with van der Waals surface area (Å²) in [5.41, 5.74) is 5.05. The summed E-state index contributed by atoms with van der Waals surface area (Å²) < 4.78 is 0. The van der Waals surface area contributed by atoms with Crippen molar-refractivity contribution in [3.8, 4) is 0 Å². The zero-order valence-electron chi connectivity index (χ0n) is 11.8. The van der Waals surface area contributed by atoms with Crippen LogP contribution in [-0.2, 0) is 12.8 Å². The quantitative estimate of drug-likeness (QED) is 0.859. The Kier molecular flexibility index (Phi) is 4.75. The molecule has 100 valence electrons. The number of aliphatic hydroxyl groups excluding tert-OH is 1. The van der Waals surface area contributed by atoms with E-state index in [0.717, 1.165) is 19.3 Å². The smallest absolute Gasteiger partial charge is 0.0583 e. The van der Waals surface area contributed by atoms with Crippen LogP contribution in [0.5, 0.6) is 0 Å². The van der Waals surface area contributed by atoms with E-state index in [2.05, 4.69) is 62.4 Å². The second kappa shape index (κ2) is 6.53. The van der Waals surface area contributed by atoms with Crippen molar-refractivity contribution in [2.75, 3.05) is 0 Å². The lowest BCUT2D eigenvalue weighted by molar-refractivity contribution is 0.165. The van der Waals surface area contributed by atoms with Crippen molar-refractivity contribution in [3.63, 3.8) is 0 Å². The first kappa shape index (κ1) is 13.8. The number of hydrogen-bond acceptors (Lipinski definition) is 1. The number of aliphatic hydroxyl groups is 1. The molecule has 0 aliphatic heterocycles. The highest BCUT2D eigenvalue weighted by Crippen LogP contribution is 2.11. The van der Waals surface area contributed by atoms with Gasteiger partial charge >= 0.3 is 0 Å². The third kappa shape index (κ3) is 4.53. The maximum absolute atomic E-state index is 10.1. The van der Waals surface area contributed by atoms with Gasteiger partial charge in [0.1, 0.15) is 0 Å². The van der Waals surface area contributed by atoms with Gasteiger partial charge in [0, 0.05) is 0 Å². The highest BCUT2D eigenvalue weighted by molar-refractivity contribution is 5.23. The van der Waals surface area contributed by atoms with Gasteiger partial charge in [-0.2, -0.15) is 0 Å². The molecule has 1 unspecified atom stereocenters. The average Bonchev–Trinajstić information content (AvgIpc) is 2.41. The predicted octanol–water partition coefficient (Wildman–Crippen LogP) is 3.84. The van der Waals surface area contributed by atoms with E-state index in [0.29, 0.717) is 0 Å². The number of aryl methyl sites for hydroxylation is 3. The molecule has 0 heterocycles. The van der Waals surface area contributed by atoms with Crippen molar-refractivity contribution in [1.29, 1.82) is 0 Å². The average molecular weight is 254 g/mol. The molecule has 0 aliphatic rings. The molecule has 1 atom stereocenters. The molecule has 0 amide bonds. The SMILES string of the molecule is Cc1ccc(CCC(O)Cc2ccc(C)cc2)cc1. The van der Waals surface area contributed by atoms with Crippen molar-refractivity contribution < 1.29 is 5.11 Å². The molecule has 0 radical (unpaired) electrons. The molecule has 2 aromatic carbocycles. The molecule has 0 aliphatic carbocycles. The van der Waals surface area contributed by atoms with Crippen LogP contribution in [0.1, 0.15) is 28.7 Å². The largest absolute Gasteiger partial charge is 0.393 e. The van der Waals surface area contributed by atoms with Gasteiger partial charge in [0.25, 0.3) is 0 Å². The summed E-state index contributed by atoms with van der Waals surface area (Å²) in [6.45, 7) is 4.17. The van der Waals surface area contributed by atoms with Gasteiger partial charge in [0.2, 0.25) is 0 Å². The van der Waals surface area contributed by atoms with Gasteiger partial charge in [-0.1, -0.05) is 59.7 Å². The molecule has 0 bridgehead atoms. The summed E-state index contributed by atoms with van der Waals surface area (Å²) in [6.07, 6.45) is 2.24. The molecule has 0 saturated heterocycles. The first-order valence-corrected chi connectivity index (χ1v) is 6.92. The lowest BCUT2D eigenvalue weighted by Crippen LogP contribution is -2.11. The monoisotopic (exact) mass is 254 g/mol. The third-order valence-electron chi connectivity index (χ3n) is 3.48. The fraction of sp³-hybridized carbons (Fsp3) is 0.333. The zero-order valence-corrected chi connectivity index (χ0v) is 11.8. The van der Waals surface area contributed by atoms with Crippen LogP contribution >= 0.6 is 0 Å². The molecule has 0 aromatic heterocycles. The molecule has 0 saturated carbocycles. The van der Waals surface area contributed by atoms with Gasteiger partial charge in [-0.3, -0.25) is 0 Å². The second-order valence-corrected chi connectivity index (χ2v) is 5.37. The van der Waals surface area contributed by atoms with Crippen LogP contribution in [0.3, 0.4) is 0 Å². The molecule has 2 aromatic rings. The third-order valence-corrected chi connectivity index (χ3v) is 3.48. The van der Waals surface area contributed by atoms with E-state index in [9.17, 15) is 5.11 Å². The first-order valence-electron chi connectivity index (χ1n) is 6.92. The molecule has 0 spiro atoms. The minimum atomic E-state index is -0.260. The standard InChI is InChI=1S/C18H22O/c1-14-3-7-16(8-4-14)11-12-18(19)13-17-9-5-15(2)6-10-17/h3-10,18-19H,11-13H2,1-2H3. The first-order chi connectivity index (χ1) is 9.13. The summed E-state index contributed by atoms with van der Waals surface area (Å²) in [4.78, 5) is 0. The molecule has 1 nitrogen and oxygen atoms in total. The number of benzene rings is 2. The number of hydrogen-bond donors (Lipinski definition) is 1. The maximum atomic E-state index is 10.1. The molecular formula is C18H22O. The predicted molar refractivity (Wildman–Crippen MR) is 80.4 cm³/mol. The van der Waals surface area contributed by atoms with Gasteiger partial charge < -0.3 is 5.11 Å². The Labute approximate surface area is 115 Å². The van der Waals surface area contributed by atoms with Crippen molar-refractivity contribution in [2.24, 2.45) is 0 Å². The lowest BCUT2D eigenvalue weighted by atomic mass is 10.0. The summed E-state index contributed by atoms with van der Waals surface area (Å²) in [5, 5.41) is 10.1. The minimum Gasteiger partial charge on any atom is -0.393 e. The van der Waals surface area contributed by atoms with Crippen LogP contribution in [0.4, 0.5) is 0 Å². The highest BCUT2D eigenvalue weighted by Gasteiger charge is 2.06. The van der Waals surface area contributed by atoms with Gasteiger partial charge in [-0.25, -0.2) is 0 Å². The molecule has 19 heavy (non-hydrogen) atoms. The fourth-order valence-corrected chi connectivity index (χ4v) is 2.19. The van der Waals surface area contributed by atoms with Crippen molar-refractivity contribution in [3.05, 3.63) is 70.8 Å². The van der Waals surface area contributed by atoms with Crippen LogP contribution in [0.2, 0.25) is 0 Å². The Hall–Kier alpha value is -1.60. The van der Waals surface area contributed by atoms with Gasteiger partial charge in [-0.15, -0.1) is 0 Å². The van der Waals surface area contributed by atoms with E-state index in [1.165, 1.54) is 22.3 Å². The van der Waals surface area contributed by atoms with Crippen molar-refractivity contribution >= 4 is 0 Å². The maximum Gasteiger partial charge on any atom is 0.0583 e. The molecule has 0 fully saturated rings. The van der Waals surface area contributed by atoms with Crippen LogP contribution in [0.15, 0.2) is 48.5 Å². The second-order valence-electron chi connectivity index (χ2n) is 5.37. The van der Waals surface area contributed by atoms with E-state index in [1.54, 1.807) is 0 Å². The molecular weight excluding hydrogens is 232 g/mol. The molecule has 2 rings (SSSR count). The summed E-state index contributed by atoms with van der Waals surface area (Å²) in [6, 6.07) is 16.9. The van der Waals surface area contributed by atoms with Crippen LogP contribution in [0.25, 0.3) is 0 Å². The Morgan fingerprint density at radius 2 is 1.26 bits per heavy atom. The van der Waals surface area contributed by atoms with E-state index in [1.807, 2.05) is 0 Å². The topological polar surface area (TPSA) is 20.2 Å². The Morgan fingerprint density at radius 3 is 1.79 bits per heavy atom. The van der Waals surface area contributed by atoms with Crippen LogP contribution in [-0.4, -0.2) is 11.2 Å². The number of rotatable bonds is 5. The van der Waals surface area contributed by atoms with Crippen LogP contribution in [0, 0.1) is 13.8 Å². The fourth-order valence-electron chi connectivity index (χ4n) is 2.19. The van der Waals surface area contributed by atoms with Gasteiger partial charge in [0.05, 0.1) is 6.10 Å². The zero-order chi connectivity index (χ0) is 13.7. The highest BCUT2D eigenvalue weighted by atomic mass is 16.3. The Bertz CT molecular complexity index is 496. The summed E-state index contributed by atoms with van der Waals surface area (Å²) >= 11 is 0. The minimum absolute atomic E-state index is 0.260. The van der Waals surface area contributed by atoms with E-state index < -0.39 is 0 Å². The normalized spacial score (nSPS) is 12.4. The van der Waals surface area contributed by atoms with E-state index >= 15 is 0 Å². The van der Waals surface area contributed by atoms with Crippen molar-refractivity contribution in [1.82, 2.24) is 0 Å². The molecule has 1 N–H and O–H groups in total. The van der Waals surface area contributed by atoms with Gasteiger partial charge in [0.15, 0.2) is 0 Å².